The Morgan fingerprint density at radius 3 is 2.57 bits per heavy atom. The van der Waals surface area contributed by atoms with Crippen molar-refractivity contribution in [3.8, 4) is 0 Å². The summed E-state index contributed by atoms with van der Waals surface area (Å²) in [5.41, 5.74) is 1.07. The third-order valence-electron chi connectivity index (χ3n) is 2.12. The van der Waals surface area contributed by atoms with Crippen LogP contribution in [0.5, 0.6) is 0 Å². The fourth-order valence-electron chi connectivity index (χ4n) is 1.38. The second kappa shape index (κ2) is 5.56. The first-order valence-electron chi connectivity index (χ1n) is 4.68. The van der Waals surface area contributed by atoms with Crippen LogP contribution >= 0.6 is 27.5 Å². The minimum atomic E-state index is 0.498. The van der Waals surface area contributed by atoms with E-state index in [1.165, 1.54) is 0 Å². The smallest absolute Gasteiger partial charge is 0.132 e. The highest BCUT2D eigenvalue weighted by Gasteiger charge is 2.09. The lowest BCUT2D eigenvalue weighted by atomic mass is 10.2. The summed E-state index contributed by atoms with van der Waals surface area (Å²) in [4.78, 5) is 6.58. The van der Waals surface area contributed by atoms with Crippen molar-refractivity contribution in [2.75, 3.05) is 18.0 Å². The molecule has 0 N–H and O–H groups in total. The predicted molar refractivity (Wildman–Crippen MR) is 65.1 cm³/mol. The van der Waals surface area contributed by atoms with Crippen molar-refractivity contribution in [3.63, 3.8) is 0 Å². The van der Waals surface area contributed by atoms with Gasteiger partial charge in [0, 0.05) is 29.3 Å². The van der Waals surface area contributed by atoms with Crippen LogP contribution in [-0.4, -0.2) is 18.1 Å². The average molecular weight is 278 g/mol. The van der Waals surface area contributed by atoms with Crippen molar-refractivity contribution in [2.45, 2.75) is 19.7 Å². The molecule has 78 valence electrons. The van der Waals surface area contributed by atoms with E-state index in [4.69, 9.17) is 11.6 Å². The van der Waals surface area contributed by atoms with Crippen LogP contribution in [0.2, 0.25) is 0 Å². The van der Waals surface area contributed by atoms with Crippen LogP contribution < -0.4 is 4.90 Å². The van der Waals surface area contributed by atoms with Gasteiger partial charge in [0.25, 0.3) is 0 Å². The zero-order valence-corrected chi connectivity index (χ0v) is 10.8. The SMILES string of the molecule is CCN(CC)c1ncc(Br)cc1CCl. The first-order chi connectivity index (χ1) is 6.72. The first kappa shape index (κ1) is 11.8. The maximum Gasteiger partial charge on any atom is 0.132 e. The van der Waals surface area contributed by atoms with Gasteiger partial charge in [-0.1, -0.05) is 0 Å². The highest BCUT2D eigenvalue weighted by molar-refractivity contribution is 9.10. The number of halogens is 2. The standard InChI is InChI=1S/C10H14BrClN2/c1-3-14(4-2)10-8(6-12)5-9(11)7-13-10/h5,7H,3-4,6H2,1-2H3. The van der Waals surface area contributed by atoms with Gasteiger partial charge in [-0.3, -0.25) is 0 Å². The molecule has 1 aromatic rings. The van der Waals surface area contributed by atoms with Gasteiger partial charge in [0.2, 0.25) is 0 Å². The third kappa shape index (κ3) is 2.61. The Morgan fingerprint density at radius 1 is 1.43 bits per heavy atom. The van der Waals surface area contributed by atoms with Gasteiger partial charge in [-0.15, -0.1) is 11.6 Å². The summed E-state index contributed by atoms with van der Waals surface area (Å²) in [6.45, 7) is 6.14. The molecule has 0 saturated carbocycles. The molecule has 14 heavy (non-hydrogen) atoms. The monoisotopic (exact) mass is 276 g/mol. The van der Waals surface area contributed by atoms with Gasteiger partial charge in [-0.2, -0.15) is 0 Å². The molecular weight excluding hydrogens is 263 g/mol. The van der Waals surface area contributed by atoms with E-state index < -0.39 is 0 Å². The Bertz CT molecular complexity index is 300. The van der Waals surface area contributed by atoms with Crippen LogP contribution in [0, 0.1) is 0 Å². The quantitative estimate of drug-likeness (QED) is 0.784. The first-order valence-corrected chi connectivity index (χ1v) is 6.01. The van der Waals surface area contributed by atoms with Crippen molar-refractivity contribution < 1.29 is 0 Å². The van der Waals surface area contributed by atoms with Crippen molar-refractivity contribution >= 4 is 33.3 Å². The van der Waals surface area contributed by atoms with E-state index in [1.807, 2.05) is 12.3 Å². The maximum absolute atomic E-state index is 5.87. The Kier molecular flexibility index (Phi) is 4.69. The summed E-state index contributed by atoms with van der Waals surface area (Å²) in [5, 5.41) is 0. The molecule has 0 aliphatic rings. The Morgan fingerprint density at radius 2 is 2.07 bits per heavy atom. The van der Waals surface area contributed by atoms with Gasteiger partial charge in [0.1, 0.15) is 5.82 Å². The van der Waals surface area contributed by atoms with E-state index in [9.17, 15) is 0 Å². The topological polar surface area (TPSA) is 16.1 Å². The molecule has 2 nitrogen and oxygen atoms in total. The van der Waals surface area contributed by atoms with E-state index >= 15 is 0 Å². The molecule has 0 saturated heterocycles. The summed E-state index contributed by atoms with van der Waals surface area (Å²) in [6, 6.07) is 2.02. The average Bonchev–Trinajstić information content (AvgIpc) is 2.21. The normalized spacial score (nSPS) is 10.3. The van der Waals surface area contributed by atoms with Crippen LogP contribution in [0.3, 0.4) is 0 Å². The van der Waals surface area contributed by atoms with E-state index in [2.05, 4.69) is 39.7 Å². The van der Waals surface area contributed by atoms with Gasteiger partial charge in [0.15, 0.2) is 0 Å². The summed E-state index contributed by atoms with van der Waals surface area (Å²) < 4.78 is 0.976. The molecule has 4 heteroatoms. The molecule has 0 amide bonds. The largest absolute Gasteiger partial charge is 0.357 e. The number of hydrogen-bond donors (Lipinski definition) is 0. The van der Waals surface area contributed by atoms with E-state index in [0.717, 1.165) is 28.9 Å². The Hall–Kier alpha value is -0.280. The van der Waals surface area contributed by atoms with Crippen LogP contribution in [0.25, 0.3) is 0 Å². The summed E-state index contributed by atoms with van der Waals surface area (Å²) in [6.07, 6.45) is 1.81. The molecule has 0 bridgehead atoms. The van der Waals surface area contributed by atoms with E-state index in [0.29, 0.717) is 5.88 Å². The number of rotatable bonds is 4. The lowest BCUT2D eigenvalue weighted by Gasteiger charge is -2.22. The zero-order valence-electron chi connectivity index (χ0n) is 8.43. The molecule has 1 rings (SSSR count). The highest BCUT2D eigenvalue weighted by atomic mass is 79.9. The fourth-order valence-corrected chi connectivity index (χ4v) is 1.96. The molecule has 0 unspecified atom stereocenters. The van der Waals surface area contributed by atoms with Crippen molar-refractivity contribution in [1.82, 2.24) is 4.98 Å². The van der Waals surface area contributed by atoms with E-state index in [-0.39, 0.29) is 0 Å². The molecule has 0 aliphatic heterocycles. The number of anilines is 1. The summed E-state index contributed by atoms with van der Waals surface area (Å²) in [5.74, 6) is 1.49. The van der Waals surface area contributed by atoms with Crippen molar-refractivity contribution in [3.05, 3.63) is 22.3 Å². The lowest BCUT2D eigenvalue weighted by Crippen LogP contribution is -2.24. The van der Waals surface area contributed by atoms with Gasteiger partial charge in [0.05, 0.1) is 5.88 Å². The summed E-state index contributed by atoms with van der Waals surface area (Å²) in [7, 11) is 0. The minimum absolute atomic E-state index is 0.498. The van der Waals surface area contributed by atoms with Crippen LogP contribution in [0.15, 0.2) is 16.7 Å². The number of pyridine rings is 1. The van der Waals surface area contributed by atoms with Crippen molar-refractivity contribution in [2.24, 2.45) is 0 Å². The highest BCUT2D eigenvalue weighted by Crippen LogP contribution is 2.22. The molecule has 0 spiro atoms. The zero-order chi connectivity index (χ0) is 10.6. The molecule has 0 atom stereocenters. The van der Waals surface area contributed by atoms with Crippen LogP contribution in [-0.2, 0) is 5.88 Å². The molecular formula is C10H14BrClN2. The van der Waals surface area contributed by atoms with E-state index in [1.54, 1.807) is 0 Å². The van der Waals surface area contributed by atoms with Gasteiger partial charge < -0.3 is 4.90 Å². The predicted octanol–water partition coefficient (Wildman–Crippen LogP) is 3.43. The van der Waals surface area contributed by atoms with Crippen LogP contribution in [0.1, 0.15) is 19.4 Å². The summed E-state index contributed by atoms with van der Waals surface area (Å²) >= 11 is 9.26. The lowest BCUT2D eigenvalue weighted by molar-refractivity contribution is 0.838. The van der Waals surface area contributed by atoms with Gasteiger partial charge in [-0.05, 0) is 35.8 Å². The minimum Gasteiger partial charge on any atom is -0.357 e. The number of aromatic nitrogens is 1. The molecule has 0 radical (unpaired) electrons. The van der Waals surface area contributed by atoms with Gasteiger partial charge in [-0.25, -0.2) is 4.98 Å². The Balaban J connectivity index is 3.06. The molecule has 0 aromatic carbocycles. The van der Waals surface area contributed by atoms with Crippen molar-refractivity contribution in [1.29, 1.82) is 0 Å². The molecule has 1 aromatic heterocycles. The van der Waals surface area contributed by atoms with Crippen LogP contribution in [0.4, 0.5) is 5.82 Å². The number of hydrogen-bond acceptors (Lipinski definition) is 2. The fraction of sp³-hybridized carbons (Fsp3) is 0.500. The molecule has 1 heterocycles. The number of nitrogens with zero attached hydrogens (tertiary/aromatic N) is 2. The number of alkyl halides is 1. The second-order valence-electron chi connectivity index (χ2n) is 2.94. The van der Waals surface area contributed by atoms with Gasteiger partial charge >= 0.3 is 0 Å². The second-order valence-corrected chi connectivity index (χ2v) is 4.13. The maximum atomic E-state index is 5.87. The Labute approximate surface area is 98.4 Å². The molecule has 0 aliphatic carbocycles. The third-order valence-corrected chi connectivity index (χ3v) is 2.84. The molecule has 0 fully saturated rings.